The van der Waals surface area contributed by atoms with Crippen molar-refractivity contribution in [3.8, 4) is 23.4 Å². The number of rotatable bonds is 4. The van der Waals surface area contributed by atoms with Crippen molar-refractivity contribution in [1.29, 1.82) is 5.26 Å². The van der Waals surface area contributed by atoms with Crippen molar-refractivity contribution in [2.45, 2.75) is 20.0 Å². The molecule has 0 spiro atoms. The van der Waals surface area contributed by atoms with Crippen molar-refractivity contribution in [2.24, 2.45) is 0 Å². The number of benzene rings is 1. The summed E-state index contributed by atoms with van der Waals surface area (Å²) in [7, 11) is 1.40. The average Bonchev–Trinajstić information content (AvgIpc) is 2.50. The van der Waals surface area contributed by atoms with Crippen molar-refractivity contribution in [3.63, 3.8) is 0 Å². The molecule has 114 valence electrons. The SMILES string of the molecule is COc1ncnc(C(C)F)c1Oc1cc(Cl)cc(C#N)c1C. The number of halogens is 2. The molecule has 0 radical (unpaired) electrons. The zero-order valence-electron chi connectivity index (χ0n) is 12.2. The second kappa shape index (κ2) is 6.58. The summed E-state index contributed by atoms with van der Waals surface area (Å²) >= 11 is 5.98. The Morgan fingerprint density at radius 3 is 2.68 bits per heavy atom. The Hall–Kier alpha value is -2.39. The standard InChI is InChI=1S/C15H13ClFN3O2/c1-8-10(6-18)4-11(16)5-12(8)22-14-13(9(2)17)19-7-20-15(14)21-3/h4-5,7,9H,1-3H3. The first-order valence-electron chi connectivity index (χ1n) is 6.39. The van der Waals surface area contributed by atoms with Crippen molar-refractivity contribution >= 4 is 11.6 Å². The fourth-order valence-corrected chi connectivity index (χ4v) is 2.09. The third kappa shape index (κ3) is 3.10. The fourth-order valence-electron chi connectivity index (χ4n) is 1.88. The lowest BCUT2D eigenvalue weighted by Crippen LogP contribution is -2.02. The van der Waals surface area contributed by atoms with Crippen molar-refractivity contribution < 1.29 is 13.9 Å². The molecular formula is C15H13ClFN3O2. The highest BCUT2D eigenvalue weighted by atomic mass is 35.5. The van der Waals surface area contributed by atoms with Crippen LogP contribution in [-0.2, 0) is 0 Å². The molecule has 1 heterocycles. The number of ether oxygens (including phenoxy) is 2. The molecule has 0 bridgehead atoms. The van der Waals surface area contributed by atoms with Gasteiger partial charge in [0.2, 0.25) is 5.75 Å². The summed E-state index contributed by atoms with van der Waals surface area (Å²) < 4.78 is 24.5. The molecule has 0 amide bonds. The first-order valence-corrected chi connectivity index (χ1v) is 6.76. The van der Waals surface area contributed by atoms with Crippen LogP contribution in [0.5, 0.6) is 17.4 Å². The number of nitrogens with zero attached hydrogens (tertiary/aromatic N) is 3. The van der Waals surface area contributed by atoms with Gasteiger partial charge in [-0.2, -0.15) is 10.2 Å². The molecule has 1 aromatic heterocycles. The van der Waals surface area contributed by atoms with E-state index in [1.807, 2.05) is 6.07 Å². The van der Waals surface area contributed by atoms with E-state index in [9.17, 15) is 4.39 Å². The van der Waals surface area contributed by atoms with Crippen LogP contribution < -0.4 is 9.47 Å². The van der Waals surface area contributed by atoms with Crippen LogP contribution in [0.3, 0.4) is 0 Å². The summed E-state index contributed by atoms with van der Waals surface area (Å²) in [4.78, 5) is 7.80. The van der Waals surface area contributed by atoms with E-state index in [0.29, 0.717) is 21.9 Å². The summed E-state index contributed by atoms with van der Waals surface area (Å²) in [6, 6.07) is 5.09. The lowest BCUT2D eigenvalue weighted by molar-refractivity contribution is 0.325. The van der Waals surface area contributed by atoms with E-state index in [-0.39, 0.29) is 17.3 Å². The molecule has 0 fully saturated rings. The topological polar surface area (TPSA) is 68.0 Å². The molecule has 0 N–H and O–H groups in total. The van der Waals surface area contributed by atoms with Gasteiger partial charge in [-0.25, -0.2) is 9.37 Å². The lowest BCUT2D eigenvalue weighted by atomic mass is 10.1. The van der Waals surface area contributed by atoms with Crippen LogP contribution in [0.4, 0.5) is 4.39 Å². The van der Waals surface area contributed by atoms with E-state index < -0.39 is 6.17 Å². The highest BCUT2D eigenvalue weighted by Crippen LogP contribution is 2.38. The number of nitriles is 1. The Balaban J connectivity index is 2.57. The average molecular weight is 322 g/mol. The first-order chi connectivity index (χ1) is 10.5. The molecule has 0 saturated carbocycles. The molecular weight excluding hydrogens is 309 g/mol. The van der Waals surface area contributed by atoms with Crippen molar-refractivity contribution in [2.75, 3.05) is 7.11 Å². The van der Waals surface area contributed by atoms with Crippen LogP contribution in [0.1, 0.15) is 29.9 Å². The third-order valence-electron chi connectivity index (χ3n) is 3.03. The molecule has 0 aliphatic heterocycles. The maximum absolute atomic E-state index is 13.7. The van der Waals surface area contributed by atoms with E-state index in [0.717, 1.165) is 0 Å². The lowest BCUT2D eigenvalue weighted by Gasteiger charge is -2.15. The highest BCUT2D eigenvalue weighted by molar-refractivity contribution is 6.30. The van der Waals surface area contributed by atoms with Crippen LogP contribution in [0.15, 0.2) is 18.5 Å². The van der Waals surface area contributed by atoms with Gasteiger partial charge in [0.25, 0.3) is 5.88 Å². The first kappa shape index (κ1) is 16.0. The van der Waals surface area contributed by atoms with Gasteiger partial charge in [0.15, 0.2) is 0 Å². The molecule has 2 aromatic rings. The van der Waals surface area contributed by atoms with Crippen molar-refractivity contribution in [3.05, 3.63) is 40.3 Å². The molecule has 22 heavy (non-hydrogen) atoms. The molecule has 0 aliphatic carbocycles. The molecule has 0 aliphatic rings. The molecule has 5 nitrogen and oxygen atoms in total. The molecule has 0 saturated heterocycles. The Bertz CT molecular complexity index is 744. The second-order valence-corrected chi connectivity index (χ2v) is 4.94. The molecule has 1 atom stereocenters. The normalized spacial score (nSPS) is 11.6. The number of hydrogen-bond donors (Lipinski definition) is 0. The van der Waals surface area contributed by atoms with Gasteiger partial charge in [-0.3, -0.25) is 0 Å². The maximum Gasteiger partial charge on any atom is 0.260 e. The Morgan fingerprint density at radius 2 is 2.09 bits per heavy atom. The summed E-state index contributed by atoms with van der Waals surface area (Å²) in [6.45, 7) is 3.04. The Labute approximate surface area is 132 Å². The fraction of sp³-hybridized carbons (Fsp3) is 0.267. The molecule has 7 heteroatoms. The Kier molecular flexibility index (Phi) is 4.78. The third-order valence-corrected chi connectivity index (χ3v) is 3.24. The summed E-state index contributed by atoms with van der Waals surface area (Å²) in [6.07, 6.45) is -0.176. The largest absolute Gasteiger partial charge is 0.478 e. The van der Waals surface area contributed by atoms with Gasteiger partial charge in [0.05, 0.1) is 18.7 Å². The van der Waals surface area contributed by atoms with Gasteiger partial charge in [-0.15, -0.1) is 0 Å². The van der Waals surface area contributed by atoms with Gasteiger partial charge in [0, 0.05) is 10.6 Å². The number of hydrogen-bond acceptors (Lipinski definition) is 5. The second-order valence-electron chi connectivity index (χ2n) is 4.50. The molecule has 1 unspecified atom stereocenters. The highest BCUT2D eigenvalue weighted by Gasteiger charge is 2.21. The zero-order chi connectivity index (χ0) is 16.3. The van der Waals surface area contributed by atoms with E-state index in [2.05, 4.69) is 9.97 Å². The summed E-state index contributed by atoms with van der Waals surface area (Å²) in [5.74, 6) is 0.487. The van der Waals surface area contributed by atoms with Crippen LogP contribution in [0.25, 0.3) is 0 Å². The zero-order valence-corrected chi connectivity index (χ0v) is 13.0. The van der Waals surface area contributed by atoms with Crippen LogP contribution in [-0.4, -0.2) is 17.1 Å². The predicted octanol–water partition coefficient (Wildman–Crippen LogP) is 4.14. The van der Waals surface area contributed by atoms with Gasteiger partial charge < -0.3 is 9.47 Å². The van der Waals surface area contributed by atoms with Crippen molar-refractivity contribution in [1.82, 2.24) is 9.97 Å². The molecule has 1 aromatic carbocycles. The van der Waals surface area contributed by atoms with E-state index in [1.165, 1.54) is 32.5 Å². The van der Waals surface area contributed by atoms with E-state index in [4.69, 9.17) is 26.3 Å². The number of aromatic nitrogens is 2. The minimum Gasteiger partial charge on any atom is -0.478 e. The maximum atomic E-state index is 13.7. The summed E-state index contributed by atoms with van der Waals surface area (Å²) in [5, 5.41) is 9.44. The molecule has 2 rings (SSSR count). The summed E-state index contributed by atoms with van der Waals surface area (Å²) in [5.41, 5.74) is 1.01. The van der Waals surface area contributed by atoms with Crippen LogP contribution in [0.2, 0.25) is 5.02 Å². The quantitative estimate of drug-likeness (QED) is 0.846. The van der Waals surface area contributed by atoms with Gasteiger partial charge in [0.1, 0.15) is 23.9 Å². The smallest absolute Gasteiger partial charge is 0.260 e. The van der Waals surface area contributed by atoms with E-state index >= 15 is 0 Å². The van der Waals surface area contributed by atoms with Gasteiger partial charge >= 0.3 is 0 Å². The van der Waals surface area contributed by atoms with Crippen LogP contribution >= 0.6 is 11.6 Å². The predicted molar refractivity (Wildman–Crippen MR) is 79.1 cm³/mol. The van der Waals surface area contributed by atoms with E-state index in [1.54, 1.807) is 6.92 Å². The Morgan fingerprint density at radius 1 is 1.36 bits per heavy atom. The van der Waals surface area contributed by atoms with Crippen LogP contribution in [0, 0.1) is 18.3 Å². The van der Waals surface area contributed by atoms with Gasteiger partial charge in [-0.1, -0.05) is 11.6 Å². The monoisotopic (exact) mass is 321 g/mol. The number of methoxy groups -OCH3 is 1. The minimum atomic E-state index is -1.37. The number of alkyl halides is 1. The van der Waals surface area contributed by atoms with Gasteiger partial charge in [-0.05, 0) is 26.0 Å². The minimum absolute atomic E-state index is 0.0599.